The SMILES string of the molecule is Cc1cccc(NCc2ccc3c(c2)CCC3)c1. The van der Waals surface area contributed by atoms with Crippen molar-refractivity contribution >= 4 is 5.69 Å². The standard InChI is InChI=1S/C17H19N/c1-13-4-2-7-17(10-13)18-12-14-8-9-15-5-3-6-16(15)11-14/h2,4,7-11,18H,3,5-6,12H2,1H3. The summed E-state index contributed by atoms with van der Waals surface area (Å²) in [6.07, 6.45) is 3.85. The molecule has 0 bridgehead atoms. The van der Waals surface area contributed by atoms with Gasteiger partial charge in [-0.25, -0.2) is 0 Å². The topological polar surface area (TPSA) is 12.0 Å². The molecule has 0 atom stereocenters. The summed E-state index contributed by atoms with van der Waals surface area (Å²) < 4.78 is 0. The van der Waals surface area contributed by atoms with Crippen LogP contribution in [0.2, 0.25) is 0 Å². The van der Waals surface area contributed by atoms with E-state index in [0.717, 1.165) is 6.54 Å². The summed E-state index contributed by atoms with van der Waals surface area (Å²) in [6.45, 7) is 3.04. The second-order valence-electron chi connectivity index (χ2n) is 5.18. The van der Waals surface area contributed by atoms with Gasteiger partial charge in [-0.05, 0) is 60.6 Å². The lowest BCUT2D eigenvalue weighted by atomic mass is 10.1. The Hall–Kier alpha value is -1.76. The van der Waals surface area contributed by atoms with Crippen LogP contribution in [0.1, 0.15) is 28.7 Å². The zero-order chi connectivity index (χ0) is 12.4. The minimum absolute atomic E-state index is 0.913. The second-order valence-corrected chi connectivity index (χ2v) is 5.18. The molecule has 0 heterocycles. The first-order valence-corrected chi connectivity index (χ1v) is 6.72. The molecular weight excluding hydrogens is 218 g/mol. The summed E-state index contributed by atoms with van der Waals surface area (Å²) in [5.74, 6) is 0. The molecule has 2 aromatic rings. The van der Waals surface area contributed by atoms with E-state index in [4.69, 9.17) is 0 Å². The highest BCUT2D eigenvalue weighted by Gasteiger charge is 2.10. The molecule has 0 saturated carbocycles. The third-order valence-electron chi connectivity index (χ3n) is 3.68. The van der Waals surface area contributed by atoms with Gasteiger partial charge in [0.15, 0.2) is 0 Å². The van der Waals surface area contributed by atoms with Gasteiger partial charge in [0, 0.05) is 12.2 Å². The van der Waals surface area contributed by atoms with Crippen molar-refractivity contribution in [1.29, 1.82) is 0 Å². The van der Waals surface area contributed by atoms with Crippen LogP contribution in [0.5, 0.6) is 0 Å². The van der Waals surface area contributed by atoms with Crippen molar-refractivity contribution in [2.75, 3.05) is 5.32 Å². The van der Waals surface area contributed by atoms with E-state index < -0.39 is 0 Å². The molecule has 3 rings (SSSR count). The van der Waals surface area contributed by atoms with Gasteiger partial charge in [-0.3, -0.25) is 0 Å². The fourth-order valence-electron chi connectivity index (χ4n) is 2.69. The molecule has 1 nitrogen and oxygen atoms in total. The molecule has 18 heavy (non-hydrogen) atoms. The van der Waals surface area contributed by atoms with Crippen LogP contribution in [0.25, 0.3) is 0 Å². The van der Waals surface area contributed by atoms with Crippen LogP contribution < -0.4 is 5.32 Å². The Morgan fingerprint density at radius 1 is 1.00 bits per heavy atom. The highest BCUT2D eigenvalue weighted by Crippen LogP contribution is 2.23. The average Bonchev–Trinajstić information content (AvgIpc) is 2.84. The number of nitrogens with one attached hydrogen (secondary N) is 1. The number of rotatable bonds is 3. The van der Waals surface area contributed by atoms with Gasteiger partial charge in [0.25, 0.3) is 0 Å². The van der Waals surface area contributed by atoms with E-state index in [2.05, 4.69) is 54.7 Å². The fourth-order valence-corrected chi connectivity index (χ4v) is 2.69. The Balaban J connectivity index is 1.70. The van der Waals surface area contributed by atoms with E-state index in [1.54, 1.807) is 11.1 Å². The lowest BCUT2D eigenvalue weighted by Gasteiger charge is -2.09. The molecule has 0 aliphatic heterocycles. The molecular formula is C17H19N. The first-order chi connectivity index (χ1) is 8.81. The maximum atomic E-state index is 3.49. The fraction of sp³-hybridized carbons (Fsp3) is 0.294. The van der Waals surface area contributed by atoms with Gasteiger partial charge in [-0.2, -0.15) is 0 Å². The second kappa shape index (κ2) is 4.85. The highest BCUT2D eigenvalue weighted by molar-refractivity contribution is 5.46. The van der Waals surface area contributed by atoms with Gasteiger partial charge in [0.1, 0.15) is 0 Å². The summed E-state index contributed by atoms with van der Waals surface area (Å²) in [5.41, 5.74) is 6.99. The monoisotopic (exact) mass is 237 g/mol. The summed E-state index contributed by atoms with van der Waals surface area (Å²) >= 11 is 0. The van der Waals surface area contributed by atoms with Crippen LogP contribution in [0.4, 0.5) is 5.69 Å². The molecule has 0 aromatic heterocycles. The summed E-state index contributed by atoms with van der Waals surface area (Å²) in [6, 6.07) is 15.5. The van der Waals surface area contributed by atoms with Crippen molar-refractivity contribution in [3.05, 3.63) is 64.7 Å². The van der Waals surface area contributed by atoms with E-state index in [0.29, 0.717) is 0 Å². The predicted octanol–water partition coefficient (Wildman–Crippen LogP) is 4.10. The quantitative estimate of drug-likeness (QED) is 0.847. The Morgan fingerprint density at radius 3 is 2.78 bits per heavy atom. The summed E-state index contributed by atoms with van der Waals surface area (Å²) in [5, 5.41) is 3.49. The van der Waals surface area contributed by atoms with Crippen molar-refractivity contribution in [3.8, 4) is 0 Å². The molecule has 92 valence electrons. The Kier molecular flexibility index (Phi) is 3.06. The van der Waals surface area contributed by atoms with Gasteiger partial charge < -0.3 is 5.32 Å². The number of benzene rings is 2. The third kappa shape index (κ3) is 2.40. The Bertz CT molecular complexity index is 557. The number of aryl methyl sites for hydroxylation is 3. The van der Waals surface area contributed by atoms with E-state index in [1.165, 1.54) is 36.1 Å². The minimum Gasteiger partial charge on any atom is -0.381 e. The van der Waals surface area contributed by atoms with Crippen molar-refractivity contribution in [2.24, 2.45) is 0 Å². The Morgan fingerprint density at radius 2 is 1.89 bits per heavy atom. The molecule has 1 heteroatoms. The zero-order valence-corrected chi connectivity index (χ0v) is 10.9. The van der Waals surface area contributed by atoms with Gasteiger partial charge in [0.2, 0.25) is 0 Å². The lowest BCUT2D eigenvalue weighted by Crippen LogP contribution is -2.00. The normalized spacial score (nSPS) is 13.4. The molecule has 0 radical (unpaired) electrons. The van der Waals surface area contributed by atoms with Crippen LogP contribution in [-0.4, -0.2) is 0 Å². The molecule has 2 aromatic carbocycles. The maximum absolute atomic E-state index is 3.49. The number of hydrogen-bond donors (Lipinski definition) is 1. The van der Waals surface area contributed by atoms with E-state index in [-0.39, 0.29) is 0 Å². The Labute approximate surface area is 109 Å². The first-order valence-electron chi connectivity index (χ1n) is 6.72. The molecule has 0 spiro atoms. The van der Waals surface area contributed by atoms with E-state index in [1.807, 2.05) is 0 Å². The molecule has 0 amide bonds. The molecule has 1 aliphatic carbocycles. The average molecular weight is 237 g/mol. The van der Waals surface area contributed by atoms with Crippen molar-refractivity contribution < 1.29 is 0 Å². The van der Waals surface area contributed by atoms with Crippen LogP contribution >= 0.6 is 0 Å². The van der Waals surface area contributed by atoms with E-state index in [9.17, 15) is 0 Å². The van der Waals surface area contributed by atoms with Crippen molar-refractivity contribution in [1.82, 2.24) is 0 Å². The van der Waals surface area contributed by atoms with Crippen molar-refractivity contribution in [3.63, 3.8) is 0 Å². The van der Waals surface area contributed by atoms with Gasteiger partial charge in [0.05, 0.1) is 0 Å². The summed E-state index contributed by atoms with van der Waals surface area (Å²) in [7, 11) is 0. The molecule has 0 fully saturated rings. The number of fused-ring (bicyclic) bond motifs is 1. The minimum atomic E-state index is 0.913. The van der Waals surface area contributed by atoms with Gasteiger partial charge in [-0.15, -0.1) is 0 Å². The zero-order valence-electron chi connectivity index (χ0n) is 10.9. The molecule has 1 aliphatic rings. The smallest absolute Gasteiger partial charge is 0.0400 e. The van der Waals surface area contributed by atoms with E-state index >= 15 is 0 Å². The molecule has 0 unspecified atom stereocenters. The molecule has 1 N–H and O–H groups in total. The van der Waals surface area contributed by atoms with Crippen molar-refractivity contribution in [2.45, 2.75) is 32.7 Å². The lowest BCUT2D eigenvalue weighted by molar-refractivity contribution is 0.911. The largest absolute Gasteiger partial charge is 0.381 e. The van der Waals surface area contributed by atoms with Crippen LogP contribution in [0.15, 0.2) is 42.5 Å². The van der Waals surface area contributed by atoms with Gasteiger partial charge in [-0.1, -0.05) is 30.3 Å². The number of hydrogen-bond acceptors (Lipinski definition) is 1. The van der Waals surface area contributed by atoms with Crippen LogP contribution in [0.3, 0.4) is 0 Å². The molecule has 0 saturated heterocycles. The van der Waals surface area contributed by atoms with Crippen LogP contribution in [0, 0.1) is 6.92 Å². The van der Waals surface area contributed by atoms with Gasteiger partial charge >= 0.3 is 0 Å². The summed E-state index contributed by atoms with van der Waals surface area (Å²) in [4.78, 5) is 0. The third-order valence-corrected chi connectivity index (χ3v) is 3.68. The predicted molar refractivity (Wildman–Crippen MR) is 77.0 cm³/mol. The first kappa shape index (κ1) is 11.3. The maximum Gasteiger partial charge on any atom is 0.0400 e. The highest BCUT2D eigenvalue weighted by atomic mass is 14.9. The number of anilines is 1. The van der Waals surface area contributed by atoms with Crippen LogP contribution in [-0.2, 0) is 19.4 Å².